The first-order chi connectivity index (χ1) is 4.75. The smallest absolute Gasteiger partial charge is 0.0420 e. The van der Waals surface area contributed by atoms with Gasteiger partial charge in [-0.25, -0.2) is 0 Å². The van der Waals surface area contributed by atoms with Gasteiger partial charge in [0.25, 0.3) is 0 Å². The molecule has 0 unspecified atom stereocenters. The van der Waals surface area contributed by atoms with E-state index in [1.807, 2.05) is 19.2 Å². The molecule has 0 atom stereocenters. The van der Waals surface area contributed by atoms with E-state index in [1.54, 1.807) is 0 Å². The third kappa shape index (κ3) is 2.97. The van der Waals surface area contributed by atoms with Crippen molar-refractivity contribution in [2.24, 2.45) is 5.73 Å². The minimum Gasteiger partial charge on any atom is -0.326 e. The van der Waals surface area contributed by atoms with Crippen molar-refractivity contribution in [3.05, 3.63) is 29.1 Å². The second kappa shape index (κ2) is 6.23. The first-order valence-electron chi connectivity index (χ1n) is 3.37. The molecule has 0 spiro atoms. The van der Waals surface area contributed by atoms with Crippen LogP contribution in [0.4, 0.5) is 0 Å². The standard InChI is InChI=1S/C8H12N2.2ClH/c1-6-3-4-10-7(2)8(6)5-9;;/h3-4H,5,9H2,1-2H3;2*1H. The van der Waals surface area contributed by atoms with Crippen molar-refractivity contribution in [3.63, 3.8) is 0 Å². The van der Waals surface area contributed by atoms with Crippen molar-refractivity contribution < 1.29 is 0 Å². The Labute approximate surface area is 85.4 Å². The molecule has 2 nitrogen and oxygen atoms in total. The fraction of sp³-hybridized carbons (Fsp3) is 0.375. The Morgan fingerprint density at radius 1 is 1.33 bits per heavy atom. The number of halogens is 2. The van der Waals surface area contributed by atoms with Gasteiger partial charge in [0.2, 0.25) is 0 Å². The van der Waals surface area contributed by atoms with E-state index in [-0.39, 0.29) is 24.8 Å². The van der Waals surface area contributed by atoms with Crippen molar-refractivity contribution in [2.75, 3.05) is 0 Å². The predicted molar refractivity (Wildman–Crippen MR) is 56.1 cm³/mol. The molecule has 1 heterocycles. The zero-order valence-corrected chi connectivity index (χ0v) is 8.84. The van der Waals surface area contributed by atoms with Gasteiger partial charge in [0.05, 0.1) is 0 Å². The number of aromatic nitrogens is 1. The molecule has 0 radical (unpaired) electrons. The summed E-state index contributed by atoms with van der Waals surface area (Å²) in [7, 11) is 0. The van der Waals surface area contributed by atoms with E-state index in [1.165, 1.54) is 11.1 Å². The average molecular weight is 209 g/mol. The van der Waals surface area contributed by atoms with Crippen LogP contribution in [0.15, 0.2) is 12.3 Å². The van der Waals surface area contributed by atoms with Gasteiger partial charge in [0.1, 0.15) is 0 Å². The fourth-order valence-electron chi connectivity index (χ4n) is 1.03. The maximum atomic E-state index is 5.51. The third-order valence-electron chi connectivity index (χ3n) is 1.71. The van der Waals surface area contributed by atoms with Crippen molar-refractivity contribution in [2.45, 2.75) is 20.4 Å². The Kier molecular flexibility index (Phi) is 7.39. The van der Waals surface area contributed by atoms with Crippen LogP contribution in [-0.2, 0) is 6.54 Å². The number of hydrogen-bond acceptors (Lipinski definition) is 2. The lowest BCUT2D eigenvalue weighted by Gasteiger charge is -2.03. The maximum Gasteiger partial charge on any atom is 0.0420 e. The average Bonchev–Trinajstić information content (AvgIpc) is 1.88. The lowest BCUT2D eigenvalue weighted by atomic mass is 10.1. The van der Waals surface area contributed by atoms with E-state index < -0.39 is 0 Å². The van der Waals surface area contributed by atoms with Gasteiger partial charge in [-0.15, -0.1) is 24.8 Å². The lowest BCUT2D eigenvalue weighted by Crippen LogP contribution is -2.02. The number of nitrogens with zero attached hydrogens (tertiary/aromatic N) is 1. The predicted octanol–water partition coefficient (Wildman–Crippen LogP) is 2.00. The van der Waals surface area contributed by atoms with Crippen LogP contribution in [0.25, 0.3) is 0 Å². The molecule has 0 aliphatic heterocycles. The van der Waals surface area contributed by atoms with Crippen LogP contribution in [0.2, 0.25) is 0 Å². The highest BCUT2D eigenvalue weighted by Gasteiger charge is 1.98. The summed E-state index contributed by atoms with van der Waals surface area (Å²) >= 11 is 0. The SMILES string of the molecule is Cc1ccnc(C)c1CN.Cl.Cl. The molecule has 4 heteroatoms. The van der Waals surface area contributed by atoms with Crippen molar-refractivity contribution >= 4 is 24.8 Å². The van der Waals surface area contributed by atoms with E-state index in [0.717, 1.165) is 5.69 Å². The first-order valence-corrected chi connectivity index (χ1v) is 3.37. The topological polar surface area (TPSA) is 38.9 Å². The van der Waals surface area contributed by atoms with Crippen LogP contribution < -0.4 is 5.73 Å². The molecule has 1 rings (SSSR count). The Bertz CT molecular complexity index is 218. The van der Waals surface area contributed by atoms with Crippen LogP contribution >= 0.6 is 24.8 Å². The Hall–Kier alpha value is -0.310. The van der Waals surface area contributed by atoms with Gasteiger partial charge in [-0.1, -0.05) is 0 Å². The molecular formula is C8H14Cl2N2. The minimum absolute atomic E-state index is 0. The van der Waals surface area contributed by atoms with E-state index >= 15 is 0 Å². The highest BCUT2D eigenvalue weighted by molar-refractivity contribution is 5.85. The maximum absolute atomic E-state index is 5.51. The first kappa shape index (κ1) is 14.2. The van der Waals surface area contributed by atoms with Gasteiger partial charge in [0.15, 0.2) is 0 Å². The molecule has 12 heavy (non-hydrogen) atoms. The van der Waals surface area contributed by atoms with E-state index in [9.17, 15) is 0 Å². The second-order valence-corrected chi connectivity index (χ2v) is 2.40. The highest BCUT2D eigenvalue weighted by atomic mass is 35.5. The second-order valence-electron chi connectivity index (χ2n) is 2.40. The van der Waals surface area contributed by atoms with Crippen LogP contribution in [0, 0.1) is 13.8 Å². The zero-order valence-electron chi connectivity index (χ0n) is 7.20. The molecule has 0 aliphatic carbocycles. The van der Waals surface area contributed by atoms with Gasteiger partial charge >= 0.3 is 0 Å². The van der Waals surface area contributed by atoms with Crippen LogP contribution in [0.1, 0.15) is 16.8 Å². The number of pyridine rings is 1. The normalized spacial score (nSPS) is 8.25. The molecule has 0 saturated carbocycles. The summed E-state index contributed by atoms with van der Waals surface area (Å²) in [6, 6.07) is 1.98. The van der Waals surface area contributed by atoms with Crippen molar-refractivity contribution in [1.82, 2.24) is 4.98 Å². The summed E-state index contributed by atoms with van der Waals surface area (Å²) in [5.41, 5.74) is 8.96. The van der Waals surface area contributed by atoms with Crippen molar-refractivity contribution in [3.8, 4) is 0 Å². The van der Waals surface area contributed by atoms with Crippen LogP contribution in [-0.4, -0.2) is 4.98 Å². The fourth-order valence-corrected chi connectivity index (χ4v) is 1.03. The number of aryl methyl sites for hydroxylation is 2. The van der Waals surface area contributed by atoms with E-state index in [4.69, 9.17) is 5.73 Å². The monoisotopic (exact) mass is 208 g/mol. The Morgan fingerprint density at radius 3 is 2.25 bits per heavy atom. The minimum atomic E-state index is 0. The molecule has 1 aromatic heterocycles. The number of rotatable bonds is 1. The molecular weight excluding hydrogens is 195 g/mol. The largest absolute Gasteiger partial charge is 0.326 e. The van der Waals surface area contributed by atoms with Gasteiger partial charge in [0, 0.05) is 18.4 Å². The highest BCUT2D eigenvalue weighted by Crippen LogP contribution is 2.08. The Balaban J connectivity index is 0. The molecule has 0 fully saturated rings. The van der Waals surface area contributed by atoms with Crippen LogP contribution in [0.5, 0.6) is 0 Å². The summed E-state index contributed by atoms with van der Waals surface area (Å²) in [5, 5.41) is 0. The molecule has 0 amide bonds. The molecule has 0 aromatic carbocycles. The molecule has 0 bridgehead atoms. The number of nitrogens with two attached hydrogens (primary N) is 1. The van der Waals surface area contributed by atoms with E-state index in [0.29, 0.717) is 6.54 Å². The van der Waals surface area contributed by atoms with Gasteiger partial charge in [-0.05, 0) is 31.0 Å². The molecule has 70 valence electrons. The van der Waals surface area contributed by atoms with Gasteiger partial charge in [-0.3, -0.25) is 4.98 Å². The molecule has 2 N–H and O–H groups in total. The number of hydrogen-bond donors (Lipinski definition) is 1. The third-order valence-corrected chi connectivity index (χ3v) is 1.71. The molecule has 1 aromatic rings. The quantitative estimate of drug-likeness (QED) is 0.768. The molecule has 0 aliphatic rings. The molecule has 0 saturated heterocycles. The summed E-state index contributed by atoms with van der Waals surface area (Å²) in [5.74, 6) is 0. The summed E-state index contributed by atoms with van der Waals surface area (Å²) in [6.07, 6.45) is 1.81. The van der Waals surface area contributed by atoms with E-state index in [2.05, 4.69) is 11.9 Å². The Morgan fingerprint density at radius 2 is 1.92 bits per heavy atom. The van der Waals surface area contributed by atoms with Crippen LogP contribution in [0.3, 0.4) is 0 Å². The summed E-state index contributed by atoms with van der Waals surface area (Å²) < 4.78 is 0. The summed E-state index contributed by atoms with van der Waals surface area (Å²) in [6.45, 7) is 4.62. The lowest BCUT2D eigenvalue weighted by molar-refractivity contribution is 0.987. The van der Waals surface area contributed by atoms with Crippen molar-refractivity contribution in [1.29, 1.82) is 0 Å². The zero-order chi connectivity index (χ0) is 7.56. The van der Waals surface area contributed by atoms with Gasteiger partial charge < -0.3 is 5.73 Å². The summed E-state index contributed by atoms with van der Waals surface area (Å²) in [4.78, 5) is 4.13. The van der Waals surface area contributed by atoms with Gasteiger partial charge in [-0.2, -0.15) is 0 Å².